The van der Waals surface area contributed by atoms with E-state index < -0.39 is 50.7 Å². The molecule has 3 aliphatic carbocycles. The molecular weight excluding hydrogens is 595 g/mol. The van der Waals surface area contributed by atoms with Crippen molar-refractivity contribution in [2.24, 2.45) is 10.4 Å². The first-order valence-electron chi connectivity index (χ1n) is 13.1. The van der Waals surface area contributed by atoms with Gasteiger partial charge < -0.3 is 19.5 Å². The van der Waals surface area contributed by atoms with Gasteiger partial charge in [-0.3, -0.25) is 4.99 Å². The number of nitrogens with one attached hydrogen (secondary N) is 1. The van der Waals surface area contributed by atoms with Gasteiger partial charge in [-0.05, 0) is 45.2 Å². The van der Waals surface area contributed by atoms with E-state index in [4.69, 9.17) is 30.8 Å². The number of sulfonamides is 1. The number of esters is 1. The van der Waals surface area contributed by atoms with Gasteiger partial charge in [0, 0.05) is 45.4 Å². The van der Waals surface area contributed by atoms with Crippen LogP contribution in [0.15, 0.2) is 46.0 Å². The number of thiazole rings is 1. The average Bonchev–Trinajstić information content (AvgIpc) is 3.50. The second kappa shape index (κ2) is 9.81. The number of aliphatic imine (C=N–C) groups is 1. The minimum absolute atomic E-state index is 0.124. The molecule has 2 atom stereocenters. The summed E-state index contributed by atoms with van der Waals surface area (Å²) in [7, 11) is -2.30. The van der Waals surface area contributed by atoms with E-state index in [1.165, 1.54) is 47.2 Å². The van der Waals surface area contributed by atoms with Crippen LogP contribution in [0.25, 0.3) is 0 Å². The zero-order chi connectivity index (χ0) is 29.4. The van der Waals surface area contributed by atoms with Crippen LogP contribution < -0.4 is 5.32 Å². The predicted molar refractivity (Wildman–Crippen MR) is 150 cm³/mol. The van der Waals surface area contributed by atoms with Crippen molar-refractivity contribution in [2.45, 2.75) is 56.6 Å². The molecule has 1 aromatic carbocycles. The van der Waals surface area contributed by atoms with E-state index in [2.05, 4.69) is 10.3 Å². The minimum atomic E-state index is -3.59. The Kier molecular flexibility index (Phi) is 6.87. The van der Waals surface area contributed by atoms with E-state index in [0.29, 0.717) is 48.0 Å². The normalized spacial score (nSPS) is 30.4. The Hall–Kier alpha value is -2.42. The highest BCUT2D eigenvalue weighted by Crippen LogP contribution is 2.74. The fourth-order valence-electron chi connectivity index (χ4n) is 6.67. The summed E-state index contributed by atoms with van der Waals surface area (Å²) in [4.78, 5) is 22.5. The van der Waals surface area contributed by atoms with Crippen LogP contribution in [0, 0.1) is 11.2 Å². The smallest absolute Gasteiger partial charge is 0.338 e. The Balaban J connectivity index is 1.37. The number of halogens is 2. The lowest BCUT2D eigenvalue weighted by Gasteiger charge is -2.74. The van der Waals surface area contributed by atoms with Crippen molar-refractivity contribution >= 4 is 44.8 Å². The quantitative estimate of drug-likeness (QED) is 0.441. The maximum atomic E-state index is 14.0. The van der Waals surface area contributed by atoms with E-state index in [1.54, 1.807) is 20.0 Å². The van der Waals surface area contributed by atoms with Gasteiger partial charge in [-0.1, -0.05) is 17.7 Å². The zero-order valence-electron chi connectivity index (χ0n) is 22.9. The van der Waals surface area contributed by atoms with E-state index in [0.717, 1.165) is 0 Å². The molecule has 3 heterocycles. The second-order valence-electron chi connectivity index (χ2n) is 11.6. The number of aromatic nitrogens is 1. The van der Waals surface area contributed by atoms with Crippen molar-refractivity contribution in [3.05, 3.63) is 62.5 Å². The van der Waals surface area contributed by atoms with Gasteiger partial charge in [-0.15, -0.1) is 11.3 Å². The lowest BCUT2D eigenvalue weighted by molar-refractivity contribution is -0.183. The van der Waals surface area contributed by atoms with Crippen LogP contribution in [-0.4, -0.2) is 73.5 Å². The number of carbonyl (C=O) groups excluding carboxylic acids is 1. The molecule has 3 saturated carbocycles. The summed E-state index contributed by atoms with van der Waals surface area (Å²) in [6, 6.07) is 3.08. The highest BCUT2D eigenvalue weighted by atomic mass is 35.5. The third-order valence-corrected chi connectivity index (χ3v) is 10.7. The lowest BCUT2D eigenvalue weighted by Crippen LogP contribution is -2.77. The molecule has 2 bridgehead atoms. The molecule has 220 valence electrons. The number of amidine groups is 1. The molecule has 41 heavy (non-hydrogen) atoms. The van der Waals surface area contributed by atoms with Crippen LogP contribution in [0.3, 0.4) is 0 Å². The highest BCUT2D eigenvalue weighted by Gasteiger charge is 2.74. The highest BCUT2D eigenvalue weighted by molar-refractivity contribution is 7.88. The Morgan fingerprint density at radius 3 is 2.61 bits per heavy atom. The molecule has 0 radical (unpaired) electrons. The molecule has 14 heteroatoms. The zero-order valence-corrected chi connectivity index (χ0v) is 25.3. The van der Waals surface area contributed by atoms with Crippen molar-refractivity contribution < 1.29 is 31.8 Å². The van der Waals surface area contributed by atoms with Crippen LogP contribution in [0.5, 0.6) is 0 Å². The Morgan fingerprint density at radius 1 is 1.32 bits per heavy atom. The molecule has 10 nitrogen and oxygen atoms in total. The summed E-state index contributed by atoms with van der Waals surface area (Å²) < 4.78 is 58.3. The fourth-order valence-corrected chi connectivity index (χ4v) is 8.86. The molecule has 4 fully saturated rings. The van der Waals surface area contributed by atoms with Crippen LogP contribution in [0.2, 0.25) is 5.02 Å². The molecule has 0 spiro atoms. The summed E-state index contributed by atoms with van der Waals surface area (Å²) in [6.07, 6.45) is 3.93. The number of allylic oxidation sites excluding steroid dienone is 1. The third-order valence-electron chi connectivity index (χ3n) is 8.24. The summed E-state index contributed by atoms with van der Waals surface area (Å²) in [6.45, 7) is 4.07. The number of carbonyl (C=O) groups is 1. The van der Waals surface area contributed by atoms with E-state index in [-0.39, 0.29) is 17.1 Å². The van der Waals surface area contributed by atoms with Crippen molar-refractivity contribution in [1.29, 1.82) is 0 Å². The van der Waals surface area contributed by atoms with Gasteiger partial charge in [0.15, 0.2) is 16.6 Å². The lowest BCUT2D eigenvalue weighted by atomic mass is 9.37. The first-order valence-corrected chi connectivity index (χ1v) is 16.2. The van der Waals surface area contributed by atoms with Gasteiger partial charge in [0.05, 0.1) is 31.6 Å². The Bertz CT molecular complexity index is 1560. The van der Waals surface area contributed by atoms with Gasteiger partial charge in [0.2, 0.25) is 10.0 Å². The Labute approximate surface area is 246 Å². The van der Waals surface area contributed by atoms with Crippen LogP contribution in [-0.2, 0) is 29.0 Å². The monoisotopic (exact) mass is 624 g/mol. The van der Waals surface area contributed by atoms with Gasteiger partial charge in [0.1, 0.15) is 11.9 Å². The molecule has 7 rings (SSSR count). The predicted octanol–water partition coefficient (Wildman–Crippen LogP) is 3.79. The molecule has 2 aliphatic heterocycles. The third kappa shape index (κ3) is 4.90. The van der Waals surface area contributed by atoms with Gasteiger partial charge in [-0.2, -0.15) is 4.31 Å². The van der Waals surface area contributed by atoms with Gasteiger partial charge in [0.25, 0.3) is 0 Å². The fraction of sp³-hybridized carbons (Fsp3) is 0.519. The first-order chi connectivity index (χ1) is 19.3. The molecule has 1 saturated heterocycles. The van der Waals surface area contributed by atoms with Crippen LogP contribution in [0.1, 0.15) is 49.7 Å². The molecule has 1 unspecified atom stereocenters. The standard InChI is InChI=1S/C27H30ClFN4O6S2/c1-25(2)38-11-16(39-25)10-33(41(4,35)36)27-12-26(13-27,14-27)21-19(24(34)37-3)20(17-6-5-15(29)9-18(17)28)31-22(32-21)23-30-7-8-40-23/h5-9,16,20H,10-14H2,1-4H3,(H,31,32)/t16-,20?,26?,27?/m1/s1. The average molecular weight is 625 g/mol. The second-order valence-corrected chi connectivity index (χ2v) is 14.8. The Morgan fingerprint density at radius 2 is 2.05 bits per heavy atom. The van der Waals surface area contributed by atoms with E-state index in [9.17, 15) is 17.6 Å². The van der Waals surface area contributed by atoms with Crippen molar-refractivity contribution in [2.75, 3.05) is 26.5 Å². The summed E-state index contributed by atoms with van der Waals surface area (Å²) in [5.41, 5.74) is 0.170. The summed E-state index contributed by atoms with van der Waals surface area (Å²) in [5.74, 6) is -1.44. The number of methoxy groups -OCH3 is 1. The number of nitrogens with zero attached hydrogens (tertiary/aromatic N) is 3. The molecule has 1 N–H and O–H groups in total. The maximum absolute atomic E-state index is 14.0. The number of benzene rings is 1. The van der Waals surface area contributed by atoms with Gasteiger partial charge >= 0.3 is 5.97 Å². The maximum Gasteiger partial charge on any atom is 0.338 e. The van der Waals surface area contributed by atoms with Gasteiger partial charge in [-0.25, -0.2) is 22.6 Å². The number of rotatable bonds is 8. The SMILES string of the molecule is COC(=O)C1=C(C23CC(N(C[C@@H]4COC(C)(C)O4)S(C)(=O)=O)(C2)C3)NC(c2nccs2)=NC1c1ccc(F)cc1Cl. The largest absolute Gasteiger partial charge is 0.466 e. The first kappa shape index (κ1) is 28.7. The van der Waals surface area contributed by atoms with Crippen molar-refractivity contribution in [3.8, 4) is 0 Å². The molecule has 0 amide bonds. The minimum Gasteiger partial charge on any atom is -0.466 e. The summed E-state index contributed by atoms with van der Waals surface area (Å²) in [5, 5.41) is 5.90. The van der Waals surface area contributed by atoms with E-state index >= 15 is 0 Å². The van der Waals surface area contributed by atoms with Crippen LogP contribution >= 0.6 is 22.9 Å². The van der Waals surface area contributed by atoms with Crippen LogP contribution in [0.4, 0.5) is 4.39 Å². The molecule has 2 aromatic rings. The van der Waals surface area contributed by atoms with Crippen molar-refractivity contribution in [1.82, 2.24) is 14.6 Å². The van der Waals surface area contributed by atoms with E-state index in [1.807, 2.05) is 5.38 Å². The number of hydrogen-bond donors (Lipinski definition) is 1. The molecular formula is C27H30ClFN4O6S2. The number of hydrogen-bond acceptors (Lipinski definition) is 10. The molecule has 1 aromatic heterocycles. The number of ether oxygens (including phenoxy) is 3. The molecule has 5 aliphatic rings. The topological polar surface area (TPSA) is 119 Å². The summed E-state index contributed by atoms with van der Waals surface area (Å²) >= 11 is 7.85. The van der Waals surface area contributed by atoms with Crippen molar-refractivity contribution in [3.63, 3.8) is 0 Å².